The predicted octanol–water partition coefficient (Wildman–Crippen LogP) is 4.83. The molecule has 2 aromatic rings. The van der Waals surface area contributed by atoms with E-state index in [4.69, 9.17) is 4.74 Å². The Bertz CT molecular complexity index is 844. The summed E-state index contributed by atoms with van der Waals surface area (Å²) in [7, 11) is 0. The molecule has 3 rings (SSSR count). The lowest BCUT2D eigenvalue weighted by molar-refractivity contribution is 0.0378. The molecule has 0 bridgehead atoms. The van der Waals surface area contributed by atoms with Gasteiger partial charge in [0, 0.05) is 10.4 Å². The SMILES string of the molecule is CC1CCc2c(sc(NC(=O)c3cccc(F)c3)c2C(=O)OC(C)C)C1. The molecule has 1 aromatic carbocycles. The highest BCUT2D eigenvalue weighted by molar-refractivity contribution is 7.17. The van der Waals surface area contributed by atoms with Crippen LogP contribution in [0.2, 0.25) is 0 Å². The summed E-state index contributed by atoms with van der Waals surface area (Å²) in [5, 5.41) is 3.28. The first-order valence-corrected chi connectivity index (χ1v) is 9.59. The molecule has 0 saturated carbocycles. The maximum Gasteiger partial charge on any atom is 0.341 e. The van der Waals surface area contributed by atoms with Crippen molar-refractivity contribution >= 4 is 28.2 Å². The number of halogens is 1. The molecule has 0 saturated heterocycles. The van der Waals surface area contributed by atoms with Gasteiger partial charge in [0.25, 0.3) is 5.91 Å². The summed E-state index contributed by atoms with van der Waals surface area (Å²) in [6, 6.07) is 5.49. The lowest BCUT2D eigenvalue weighted by Crippen LogP contribution is -2.18. The summed E-state index contributed by atoms with van der Waals surface area (Å²) in [5.74, 6) is -0.783. The molecule has 1 aromatic heterocycles. The van der Waals surface area contributed by atoms with Crippen LogP contribution in [0.4, 0.5) is 9.39 Å². The molecule has 1 N–H and O–H groups in total. The first-order valence-electron chi connectivity index (χ1n) is 8.77. The normalized spacial score (nSPS) is 16.3. The van der Waals surface area contributed by atoms with E-state index in [2.05, 4.69) is 12.2 Å². The van der Waals surface area contributed by atoms with Gasteiger partial charge in [-0.2, -0.15) is 0 Å². The lowest BCUT2D eigenvalue weighted by atomic mass is 9.88. The second-order valence-corrected chi connectivity index (χ2v) is 8.08. The number of rotatable bonds is 4. The van der Waals surface area contributed by atoms with Crippen molar-refractivity contribution in [3.63, 3.8) is 0 Å². The first kappa shape index (κ1) is 18.6. The quantitative estimate of drug-likeness (QED) is 0.779. The Hall–Kier alpha value is -2.21. The summed E-state index contributed by atoms with van der Waals surface area (Å²) in [6.07, 6.45) is 2.44. The van der Waals surface area contributed by atoms with E-state index in [1.807, 2.05) is 0 Å². The van der Waals surface area contributed by atoms with Gasteiger partial charge in [-0.25, -0.2) is 9.18 Å². The Labute approximate surface area is 156 Å². The smallest absolute Gasteiger partial charge is 0.341 e. The van der Waals surface area contributed by atoms with Crippen LogP contribution in [0, 0.1) is 11.7 Å². The van der Waals surface area contributed by atoms with Gasteiger partial charge >= 0.3 is 5.97 Å². The number of nitrogens with one attached hydrogen (secondary N) is 1. The topological polar surface area (TPSA) is 55.4 Å². The third kappa shape index (κ3) is 3.96. The van der Waals surface area contributed by atoms with Crippen LogP contribution in [0.5, 0.6) is 0 Å². The summed E-state index contributed by atoms with van der Waals surface area (Å²) in [6.45, 7) is 5.77. The van der Waals surface area contributed by atoms with Crippen LogP contribution in [0.25, 0.3) is 0 Å². The molecule has 1 atom stereocenters. The van der Waals surface area contributed by atoms with E-state index in [1.165, 1.54) is 29.5 Å². The summed E-state index contributed by atoms with van der Waals surface area (Å²) in [5.41, 5.74) is 1.65. The number of hydrogen-bond donors (Lipinski definition) is 1. The van der Waals surface area contributed by atoms with Crippen molar-refractivity contribution in [2.24, 2.45) is 5.92 Å². The fourth-order valence-electron chi connectivity index (χ4n) is 3.13. The van der Waals surface area contributed by atoms with Crippen LogP contribution in [0.15, 0.2) is 24.3 Å². The third-order valence-corrected chi connectivity index (χ3v) is 5.54. The molecule has 1 aliphatic rings. The van der Waals surface area contributed by atoms with Crippen LogP contribution in [-0.2, 0) is 17.6 Å². The molecule has 1 unspecified atom stereocenters. The number of hydrogen-bond acceptors (Lipinski definition) is 4. The highest BCUT2D eigenvalue weighted by atomic mass is 32.1. The number of anilines is 1. The van der Waals surface area contributed by atoms with E-state index in [0.717, 1.165) is 29.7 Å². The highest BCUT2D eigenvalue weighted by Gasteiger charge is 2.29. The molecule has 0 spiro atoms. The molecule has 1 heterocycles. The lowest BCUT2D eigenvalue weighted by Gasteiger charge is -2.18. The molecule has 138 valence electrons. The monoisotopic (exact) mass is 375 g/mol. The van der Waals surface area contributed by atoms with Crippen molar-refractivity contribution in [1.29, 1.82) is 0 Å². The van der Waals surface area contributed by atoms with E-state index in [1.54, 1.807) is 19.9 Å². The van der Waals surface area contributed by atoms with Crippen LogP contribution in [0.1, 0.15) is 58.3 Å². The van der Waals surface area contributed by atoms with Crippen molar-refractivity contribution in [2.75, 3.05) is 5.32 Å². The number of carbonyl (C=O) groups is 2. The zero-order valence-electron chi connectivity index (χ0n) is 15.1. The van der Waals surface area contributed by atoms with Gasteiger partial charge in [0.2, 0.25) is 0 Å². The van der Waals surface area contributed by atoms with Gasteiger partial charge in [0.1, 0.15) is 10.8 Å². The number of fused-ring (bicyclic) bond motifs is 1. The number of esters is 1. The molecule has 0 fully saturated rings. The Balaban J connectivity index is 1.95. The van der Waals surface area contributed by atoms with Gasteiger partial charge in [-0.15, -0.1) is 11.3 Å². The number of ether oxygens (including phenoxy) is 1. The van der Waals surface area contributed by atoms with E-state index < -0.39 is 17.7 Å². The first-order chi connectivity index (χ1) is 12.3. The summed E-state index contributed by atoms with van der Waals surface area (Å²) < 4.78 is 18.8. The van der Waals surface area contributed by atoms with Crippen LogP contribution in [-0.4, -0.2) is 18.0 Å². The zero-order chi connectivity index (χ0) is 18.8. The van der Waals surface area contributed by atoms with Crippen molar-refractivity contribution in [3.8, 4) is 0 Å². The van der Waals surface area contributed by atoms with Gasteiger partial charge in [0.05, 0.1) is 11.7 Å². The molecule has 26 heavy (non-hydrogen) atoms. The van der Waals surface area contributed by atoms with Gasteiger partial charge in [-0.3, -0.25) is 4.79 Å². The maximum atomic E-state index is 13.4. The van der Waals surface area contributed by atoms with Crippen LogP contribution >= 0.6 is 11.3 Å². The van der Waals surface area contributed by atoms with Crippen molar-refractivity contribution in [2.45, 2.75) is 46.1 Å². The van der Waals surface area contributed by atoms with E-state index in [-0.39, 0.29) is 11.7 Å². The van der Waals surface area contributed by atoms with Crippen LogP contribution < -0.4 is 5.32 Å². The molecule has 0 radical (unpaired) electrons. The Morgan fingerprint density at radius 2 is 2.12 bits per heavy atom. The minimum Gasteiger partial charge on any atom is -0.459 e. The summed E-state index contributed by atoms with van der Waals surface area (Å²) >= 11 is 1.42. The highest BCUT2D eigenvalue weighted by Crippen LogP contribution is 2.40. The van der Waals surface area contributed by atoms with Crippen molar-refractivity contribution < 1.29 is 18.7 Å². The molecule has 0 aliphatic heterocycles. The number of benzene rings is 1. The Morgan fingerprint density at radius 1 is 1.35 bits per heavy atom. The van der Waals surface area contributed by atoms with E-state index >= 15 is 0 Å². The minimum atomic E-state index is -0.476. The minimum absolute atomic E-state index is 0.216. The fourth-order valence-corrected chi connectivity index (χ4v) is 4.53. The van der Waals surface area contributed by atoms with Crippen molar-refractivity contribution in [1.82, 2.24) is 0 Å². The summed E-state index contributed by atoms with van der Waals surface area (Å²) in [4.78, 5) is 26.3. The Morgan fingerprint density at radius 3 is 2.81 bits per heavy atom. The Kier molecular flexibility index (Phi) is 5.41. The standard InChI is InChI=1S/C20H22FNO3S/c1-11(2)25-20(24)17-15-8-7-12(3)9-16(15)26-19(17)22-18(23)13-5-4-6-14(21)10-13/h4-6,10-12H,7-9H2,1-3H3,(H,22,23). The average Bonchev–Trinajstić information content (AvgIpc) is 2.91. The zero-order valence-corrected chi connectivity index (χ0v) is 15.9. The molecule has 6 heteroatoms. The molecule has 1 aliphatic carbocycles. The second-order valence-electron chi connectivity index (χ2n) is 6.97. The largest absolute Gasteiger partial charge is 0.459 e. The van der Waals surface area contributed by atoms with Gasteiger partial charge in [0.15, 0.2) is 0 Å². The average molecular weight is 375 g/mol. The third-order valence-electron chi connectivity index (χ3n) is 4.37. The number of thiophene rings is 1. The van der Waals surface area contributed by atoms with Gasteiger partial charge in [-0.05, 0) is 62.8 Å². The maximum absolute atomic E-state index is 13.4. The van der Waals surface area contributed by atoms with Gasteiger partial charge < -0.3 is 10.1 Å². The number of carbonyl (C=O) groups excluding carboxylic acids is 2. The molecular weight excluding hydrogens is 353 g/mol. The van der Waals surface area contributed by atoms with Crippen LogP contribution in [0.3, 0.4) is 0 Å². The van der Waals surface area contributed by atoms with Crippen molar-refractivity contribution in [3.05, 3.63) is 51.7 Å². The molecule has 4 nitrogen and oxygen atoms in total. The molecular formula is C20H22FNO3S. The molecule has 1 amide bonds. The van der Waals surface area contributed by atoms with E-state index in [0.29, 0.717) is 16.5 Å². The predicted molar refractivity (Wildman–Crippen MR) is 100 cm³/mol. The second kappa shape index (κ2) is 7.58. The van der Waals surface area contributed by atoms with E-state index in [9.17, 15) is 14.0 Å². The number of amides is 1. The van der Waals surface area contributed by atoms with Gasteiger partial charge in [-0.1, -0.05) is 13.0 Å². The fraction of sp³-hybridized carbons (Fsp3) is 0.400.